The van der Waals surface area contributed by atoms with Gasteiger partial charge in [0.15, 0.2) is 17.7 Å². The normalized spacial score (nSPS) is 31.2. The van der Waals surface area contributed by atoms with Crippen LogP contribution in [0.1, 0.15) is 62.2 Å². The Balaban J connectivity index is 1.77. The van der Waals surface area contributed by atoms with Gasteiger partial charge in [0.05, 0.1) is 25.5 Å². The highest BCUT2D eigenvalue weighted by Gasteiger charge is 2.43. The lowest BCUT2D eigenvalue weighted by atomic mass is 9.94. The first-order chi connectivity index (χ1) is 11.2. The summed E-state index contributed by atoms with van der Waals surface area (Å²) in [6, 6.07) is 0. The van der Waals surface area contributed by atoms with Crippen molar-refractivity contribution in [3.05, 3.63) is 11.9 Å². The van der Waals surface area contributed by atoms with E-state index in [4.69, 9.17) is 14.2 Å². The number of carbonyl (C=O) groups excluding carboxylic acids is 1. The summed E-state index contributed by atoms with van der Waals surface area (Å²) in [7, 11) is 0. The van der Waals surface area contributed by atoms with Crippen molar-refractivity contribution in [2.24, 2.45) is 0 Å². The fourth-order valence-corrected chi connectivity index (χ4v) is 3.31. The molecule has 3 atom stereocenters. The molecule has 2 aliphatic rings. The van der Waals surface area contributed by atoms with E-state index >= 15 is 0 Å². The van der Waals surface area contributed by atoms with E-state index < -0.39 is 18.0 Å². The lowest BCUT2D eigenvalue weighted by Gasteiger charge is -2.45. The molecule has 3 rings (SSSR count). The van der Waals surface area contributed by atoms with Crippen LogP contribution in [0.3, 0.4) is 0 Å². The topological polar surface area (TPSA) is 95.7 Å². The van der Waals surface area contributed by atoms with Crippen molar-refractivity contribution < 1.29 is 24.1 Å². The zero-order valence-electron chi connectivity index (χ0n) is 13.3. The second-order valence-electron chi connectivity index (χ2n) is 5.97. The molecular formula is C15H23N3O5. The zero-order chi connectivity index (χ0) is 16.3. The third kappa shape index (κ3) is 3.39. The first kappa shape index (κ1) is 16.4. The molecule has 2 fully saturated rings. The van der Waals surface area contributed by atoms with Crippen LogP contribution in [0.15, 0.2) is 6.20 Å². The van der Waals surface area contributed by atoms with Crippen LogP contribution in [0.25, 0.3) is 0 Å². The van der Waals surface area contributed by atoms with Crippen LogP contribution < -0.4 is 0 Å². The molecule has 1 spiro atoms. The van der Waals surface area contributed by atoms with Crippen LogP contribution in [-0.2, 0) is 14.2 Å². The fourth-order valence-electron chi connectivity index (χ4n) is 3.31. The number of aliphatic hydroxyl groups is 1. The second kappa shape index (κ2) is 6.94. The number of hydrogen-bond acceptors (Lipinski definition) is 7. The molecule has 2 saturated heterocycles. The summed E-state index contributed by atoms with van der Waals surface area (Å²) in [5.74, 6) is -1.16. The van der Waals surface area contributed by atoms with Gasteiger partial charge in [-0.15, -0.1) is 5.10 Å². The molecule has 0 radical (unpaired) electrons. The maximum Gasteiger partial charge on any atom is 0.358 e. The van der Waals surface area contributed by atoms with Crippen LogP contribution in [0, 0.1) is 0 Å². The summed E-state index contributed by atoms with van der Waals surface area (Å²) in [6.07, 6.45) is 5.75. The van der Waals surface area contributed by atoms with Crippen LogP contribution in [-0.4, -0.2) is 51.2 Å². The van der Waals surface area contributed by atoms with Crippen molar-refractivity contribution in [3.63, 3.8) is 0 Å². The van der Waals surface area contributed by atoms with Gasteiger partial charge in [-0.2, -0.15) is 0 Å². The molecular weight excluding hydrogens is 302 g/mol. The van der Waals surface area contributed by atoms with E-state index in [9.17, 15) is 9.90 Å². The molecule has 8 nitrogen and oxygen atoms in total. The molecule has 8 heteroatoms. The Morgan fingerprint density at radius 3 is 2.96 bits per heavy atom. The van der Waals surface area contributed by atoms with Crippen LogP contribution >= 0.6 is 0 Å². The molecule has 1 aromatic rings. The Morgan fingerprint density at radius 2 is 2.22 bits per heavy atom. The minimum atomic E-state index is -0.702. The lowest BCUT2D eigenvalue weighted by molar-refractivity contribution is -0.332. The first-order valence-electron chi connectivity index (χ1n) is 8.21. The Bertz CT molecular complexity index is 545. The molecule has 1 aromatic heterocycles. The second-order valence-corrected chi connectivity index (χ2v) is 5.97. The van der Waals surface area contributed by atoms with E-state index in [0.717, 1.165) is 38.5 Å². The van der Waals surface area contributed by atoms with Gasteiger partial charge in [-0.1, -0.05) is 5.21 Å². The van der Waals surface area contributed by atoms with Crippen molar-refractivity contribution in [1.82, 2.24) is 15.0 Å². The van der Waals surface area contributed by atoms with Crippen LogP contribution in [0.4, 0.5) is 0 Å². The van der Waals surface area contributed by atoms with Gasteiger partial charge in [-0.25, -0.2) is 9.48 Å². The monoisotopic (exact) mass is 325 g/mol. The Labute approximate surface area is 134 Å². The minimum absolute atomic E-state index is 0.00677. The smallest absolute Gasteiger partial charge is 0.358 e. The molecule has 2 aliphatic heterocycles. The highest BCUT2D eigenvalue weighted by Crippen LogP contribution is 2.42. The number of carbonyl (C=O) groups is 1. The molecule has 0 bridgehead atoms. The lowest BCUT2D eigenvalue weighted by Crippen LogP contribution is -2.48. The van der Waals surface area contributed by atoms with Gasteiger partial charge < -0.3 is 19.3 Å². The van der Waals surface area contributed by atoms with Crippen molar-refractivity contribution >= 4 is 5.97 Å². The number of rotatable bonds is 4. The minimum Gasteiger partial charge on any atom is -0.461 e. The van der Waals surface area contributed by atoms with E-state index in [-0.39, 0.29) is 18.4 Å². The van der Waals surface area contributed by atoms with Gasteiger partial charge in [0.25, 0.3) is 0 Å². The standard InChI is InChI=1S/C15H23N3O5/c1-2-21-14(20)12-9-16-17-18(12)13-6-4-8-15(23-13)7-3-5-11(10-19)22-15/h9,11,13,19H,2-8,10H2,1H3/t11-,13-,15?/m1/s1. The van der Waals surface area contributed by atoms with Gasteiger partial charge in [0, 0.05) is 12.8 Å². The molecule has 0 aromatic carbocycles. The van der Waals surface area contributed by atoms with E-state index in [0.29, 0.717) is 6.61 Å². The van der Waals surface area contributed by atoms with Gasteiger partial charge in [0.1, 0.15) is 0 Å². The fraction of sp³-hybridized carbons (Fsp3) is 0.800. The predicted molar refractivity (Wildman–Crippen MR) is 78.5 cm³/mol. The molecule has 0 saturated carbocycles. The highest BCUT2D eigenvalue weighted by atomic mass is 16.7. The number of nitrogens with zero attached hydrogens (tertiary/aromatic N) is 3. The van der Waals surface area contributed by atoms with E-state index in [2.05, 4.69) is 10.3 Å². The Morgan fingerprint density at radius 1 is 1.43 bits per heavy atom. The number of esters is 1. The molecule has 128 valence electrons. The Kier molecular flexibility index (Phi) is 4.93. The zero-order valence-corrected chi connectivity index (χ0v) is 13.3. The molecule has 1 N–H and O–H groups in total. The summed E-state index contributed by atoms with van der Waals surface area (Å²) >= 11 is 0. The van der Waals surface area contributed by atoms with Crippen molar-refractivity contribution in [1.29, 1.82) is 0 Å². The van der Waals surface area contributed by atoms with E-state index in [1.54, 1.807) is 6.92 Å². The average Bonchev–Trinajstić information content (AvgIpc) is 3.05. The predicted octanol–water partition coefficient (Wildman–Crippen LogP) is 1.41. The first-order valence-corrected chi connectivity index (χ1v) is 8.21. The summed E-state index contributed by atoms with van der Waals surface area (Å²) in [5.41, 5.74) is 0.281. The third-order valence-electron chi connectivity index (χ3n) is 4.36. The van der Waals surface area contributed by atoms with Gasteiger partial charge >= 0.3 is 5.97 Å². The molecule has 0 aliphatic carbocycles. The van der Waals surface area contributed by atoms with Crippen molar-refractivity contribution in [2.45, 2.75) is 63.6 Å². The van der Waals surface area contributed by atoms with Crippen molar-refractivity contribution in [2.75, 3.05) is 13.2 Å². The van der Waals surface area contributed by atoms with Crippen LogP contribution in [0.5, 0.6) is 0 Å². The number of aliphatic hydroxyl groups excluding tert-OH is 1. The van der Waals surface area contributed by atoms with Crippen molar-refractivity contribution in [3.8, 4) is 0 Å². The largest absolute Gasteiger partial charge is 0.461 e. The quantitative estimate of drug-likeness (QED) is 0.836. The van der Waals surface area contributed by atoms with Crippen LogP contribution in [0.2, 0.25) is 0 Å². The summed E-state index contributed by atoms with van der Waals surface area (Å²) in [4.78, 5) is 12.0. The Hall–Kier alpha value is -1.51. The number of aromatic nitrogens is 3. The number of ether oxygens (including phenoxy) is 3. The van der Waals surface area contributed by atoms with E-state index in [1.165, 1.54) is 10.9 Å². The third-order valence-corrected chi connectivity index (χ3v) is 4.36. The van der Waals surface area contributed by atoms with Gasteiger partial charge in [-0.3, -0.25) is 0 Å². The maximum absolute atomic E-state index is 12.0. The highest BCUT2D eigenvalue weighted by molar-refractivity contribution is 5.87. The summed E-state index contributed by atoms with van der Waals surface area (Å²) in [5, 5.41) is 17.2. The van der Waals surface area contributed by atoms with Gasteiger partial charge in [0.2, 0.25) is 0 Å². The molecule has 23 heavy (non-hydrogen) atoms. The number of hydrogen-bond donors (Lipinski definition) is 1. The molecule has 3 heterocycles. The summed E-state index contributed by atoms with van der Waals surface area (Å²) < 4.78 is 18.7. The van der Waals surface area contributed by atoms with E-state index in [1.807, 2.05) is 0 Å². The maximum atomic E-state index is 12.0. The molecule has 0 amide bonds. The van der Waals surface area contributed by atoms with Gasteiger partial charge in [-0.05, 0) is 32.6 Å². The molecule has 1 unspecified atom stereocenters. The SMILES string of the molecule is CCOC(=O)c1cnnn1[C@H]1CCCC2(CCC[C@H](CO)O2)O1. The summed E-state index contributed by atoms with van der Waals surface area (Å²) in [6.45, 7) is 2.04. The average molecular weight is 325 g/mol.